The number of thioether (sulfide) groups is 1. The molecule has 1 amide bonds. The lowest BCUT2D eigenvalue weighted by Crippen LogP contribution is -2.15. The summed E-state index contributed by atoms with van der Waals surface area (Å²) in [5, 5.41) is 2.66. The molecule has 0 unspecified atom stereocenters. The second-order valence-corrected chi connectivity index (χ2v) is 6.68. The number of halogens is 2. The monoisotopic (exact) mass is 374 g/mol. The molecule has 0 aliphatic carbocycles. The lowest BCUT2D eigenvalue weighted by Gasteiger charge is -2.05. The number of hydrogen-bond acceptors (Lipinski definition) is 4. The Morgan fingerprint density at radius 2 is 1.96 bits per heavy atom. The second-order valence-electron chi connectivity index (χ2n) is 5.75. The Balaban J connectivity index is 1.61. The van der Waals surface area contributed by atoms with Crippen LogP contribution in [0.4, 0.5) is 14.5 Å². The van der Waals surface area contributed by atoms with Crippen LogP contribution in [0.3, 0.4) is 0 Å². The van der Waals surface area contributed by atoms with Crippen molar-refractivity contribution in [1.82, 2.24) is 4.98 Å². The highest BCUT2D eigenvalue weighted by atomic mass is 32.2. The smallest absolute Gasteiger partial charge is 0.256 e. The van der Waals surface area contributed by atoms with E-state index >= 15 is 0 Å². The van der Waals surface area contributed by atoms with Crippen molar-refractivity contribution < 1.29 is 18.0 Å². The number of oxazole rings is 1. The highest BCUT2D eigenvalue weighted by Gasteiger charge is 2.12. The Kier molecular flexibility index (Phi) is 5.37. The molecule has 1 N–H and O–H groups in total. The molecule has 0 saturated heterocycles. The van der Waals surface area contributed by atoms with Gasteiger partial charge in [0.15, 0.2) is 5.76 Å². The van der Waals surface area contributed by atoms with Crippen molar-refractivity contribution in [2.75, 3.05) is 11.1 Å². The van der Waals surface area contributed by atoms with Crippen molar-refractivity contribution in [3.63, 3.8) is 0 Å². The van der Waals surface area contributed by atoms with E-state index in [4.69, 9.17) is 4.42 Å². The number of rotatable bonds is 5. The minimum absolute atomic E-state index is 0.0389. The molecular weight excluding hydrogens is 358 g/mol. The number of carbonyl (C=O) groups is 1. The summed E-state index contributed by atoms with van der Waals surface area (Å²) in [6.45, 7) is 4.04. The summed E-state index contributed by atoms with van der Waals surface area (Å²) in [6, 6.07) is 8.82. The number of amides is 1. The molecule has 0 aliphatic rings. The molecule has 0 atom stereocenters. The van der Waals surface area contributed by atoms with E-state index in [2.05, 4.69) is 10.3 Å². The molecule has 3 rings (SSSR count). The van der Waals surface area contributed by atoms with Gasteiger partial charge in [-0.1, -0.05) is 23.9 Å². The van der Waals surface area contributed by atoms with E-state index in [1.807, 2.05) is 32.0 Å². The standard InChI is InChI=1S/C19H16F2N2O2S/c1-11-3-4-13(7-12(11)2)17-9-22-19(25-17)26-10-18(24)23-16-8-14(20)5-6-15(16)21/h3-9H,10H2,1-2H3,(H,23,24). The quantitative estimate of drug-likeness (QED) is 0.641. The van der Waals surface area contributed by atoms with Gasteiger partial charge in [-0.25, -0.2) is 13.8 Å². The average molecular weight is 374 g/mol. The number of aryl methyl sites for hydroxylation is 2. The molecule has 0 radical (unpaired) electrons. The predicted octanol–water partition coefficient (Wildman–Crippen LogP) is 4.97. The molecule has 7 heteroatoms. The van der Waals surface area contributed by atoms with Gasteiger partial charge in [0, 0.05) is 11.6 Å². The van der Waals surface area contributed by atoms with Gasteiger partial charge in [0.05, 0.1) is 17.6 Å². The first kappa shape index (κ1) is 18.1. The molecule has 0 spiro atoms. The molecule has 0 fully saturated rings. The SMILES string of the molecule is Cc1ccc(-c2cnc(SCC(=O)Nc3cc(F)ccc3F)o2)cc1C. The summed E-state index contributed by atoms with van der Waals surface area (Å²) in [6.07, 6.45) is 1.59. The van der Waals surface area contributed by atoms with Gasteiger partial charge in [-0.3, -0.25) is 4.79 Å². The third kappa shape index (κ3) is 4.29. The van der Waals surface area contributed by atoms with Crippen LogP contribution in [0.25, 0.3) is 11.3 Å². The highest BCUT2D eigenvalue weighted by molar-refractivity contribution is 7.99. The van der Waals surface area contributed by atoms with Gasteiger partial charge < -0.3 is 9.73 Å². The lowest BCUT2D eigenvalue weighted by atomic mass is 10.1. The van der Waals surface area contributed by atoms with Crippen molar-refractivity contribution in [2.45, 2.75) is 19.1 Å². The Bertz CT molecular complexity index is 956. The molecule has 2 aromatic carbocycles. The first-order chi connectivity index (χ1) is 12.4. The maximum Gasteiger partial charge on any atom is 0.256 e. The summed E-state index contributed by atoms with van der Waals surface area (Å²) >= 11 is 1.07. The Morgan fingerprint density at radius 3 is 2.73 bits per heavy atom. The maximum absolute atomic E-state index is 13.5. The first-order valence-electron chi connectivity index (χ1n) is 7.83. The number of hydrogen-bond donors (Lipinski definition) is 1. The summed E-state index contributed by atoms with van der Waals surface area (Å²) in [7, 11) is 0. The van der Waals surface area contributed by atoms with Crippen molar-refractivity contribution >= 4 is 23.4 Å². The van der Waals surface area contributed by atoms with Gasteiger partial charge in [0.1, 0.15) is 11.6 Å². The van der Waals surface area contributed by atoms with Crippen LogP contribution in [-0.2, 0) is 4.79 Å². The third-order valence-corrected chi connectivity index (χ3v) is 4.65. The maximum atomic E-state index is 13.5. The zero-order valence-corrected chi connectivity index (χ0v) is 15.0. The van der Waals surface area contributed by atoms with Crippen LogP contribution in [0.2, 0.25) is 0 Å². The molecule has 4 nitrogen and oxygen atoms in total. The molecule has 0 saturated carbocycles. The summed E-state index contributed by atoms with van der Waals surface area (Å²) < 4.78 is 32.3. The second kappa shape index (κ2) is 7.70. The van der Waals surface area contributed by atoms with Gasteiger partial charge in [0.25, 0.3) is 5.22 Å². The van der Waals surface area contributed by atoms with Gasteiger partial charge in [-0.2, -0.15) is 0 Å². The molecule has 0 bridgehead atoms. The van der Waals surface area contributed by atoms with Crippen LogP contribution >= 0.6 is 11.8 Å². The Hall–Kier alpha value is -2.67. The highest BCUT2D eigenvalue weighted by Crippen LogP contribution is 2.27. The van der Waals surface area contributed by atoms with Crippen LogP contribution in [-0.4, -0.2) is 16.6 Å². The van der Waals surface area contributed by atoms with Gasteiger partial charge in [-0.05, 0) is 43.2 Å². The molecule has 1 heterocycles. The van der Waals surface area contributed by atoms with Crippen molar-refractivity contribution in [3.05, 3.63) is 65.4 Å². The molecule has 26 heavy (non-hydrogen) atoms. The van der Waals surface area contributed by atoms with E-state index < -0.39 is 17.5 Å². The van der Waals surface area contributed by atoms with E-state index in [1.54, 1.807) is 6.20 Å². The average Bonchev–Trinajstić information content (AvgIpc) is 3.08. The van der Waals surface area contributed by atoms with Crippen LogP contribution in [0.5, 0.6) is 0 Å². The molecule has 1 aromatic heterocycles. The molecule has 3 aromatic rings. The predicted molar refractivity (Wildman–Crippen MR) is 97.1 cm³/mol. The van der Waals surface area contributed by atoms with E-state index in [0.29, 0.717) is 11.0 Å². The number of nitrogens with one attached hydrogen (secondary N) is 1. The summed E-state index contributed by atoms with van der Waals surface area (Å²) in [4.78, 5) is 16.1. The van der Waals surface area contributed by atoms with Crippen molar-refractivity contribution in [2.24, 2.45) is 0 Å². The zero-order valence-electron chi connectivity index (χ0n) is 14.2. The van der Waals surface area contributed by atoms with E-state index in [0.717, 1.165) is 41.1 Å². The lowest BCUT2D eigenvalue weighted by molar-refractivity contribution is -0.113. The number of carbonyl (C=O) groups excluding carboxylic acids is 1. The molecular formula is C19H16F2N2O2S. The topological polar surface area (TPSA) is 55.1 Å². The number of aromatic nitrogens is 1. The van der Waals surface area contributed by atoms with Crippen LogP contribution < -0.4 is 5.32 Å². The van der Waals surface area contributed by atoms with Gasteiger partial charge in [-0.15, -0.1) is 0 Å². The normalized spacial score (nSPS) is 10.8. The zero-order chi connectivity index (χ0) is 18.7. The van der Waals surface area contributed by atoms with Crippen molar-refractivity contribution in [1.29, 1.82) is 0 Å². The van der Waals surface area contributed by atoms with E-state index in [-0.39, 0.29) is 11.4 Å². The van der Waals surface area contributed by atoms with Crippen LogP contribution in [0.1, 0.15) is 11.1 Å². The summed E-state index contributed by atoms with van der Waals surface area (Å²) in [5.41, 5.74) is 3.03. The fraction of sp³-hybridized carbons (Fsp3) is 0.158. The number of nitrogens with zero attached hydrogens (tertiary/aromatic N) is 1. The van der Waals surface area contributed by atoms with Crippen molar-refractivity contribution in [3.8, 4) is 11.3 Å². The Morgan fingerprint density at radius 1 is 1.15 bits per heavy atom. The first-order valence-corrected chi connectivity index (χ1v) is 8.82. The largest absolute Gasteiger partial charge is 0.431 e. The third-order valence-electron chi connectivity index (χ3n) is 3.81. The van der Waals surface area contributed by atoms with Crippen LogP contribution in [0, 0.1) is 25.5 Å². The number of anilines is 1. The summed E-state index contributed by atoms with van der Waals surface area (Å²) in [5.74, 6) is -1.24. The minimum Gasteiger partial charge on any atom is -0.431 e. The fourth-order valence-corrected chi connectivity index (χ4v) is 2.86. The Labute approximate surface area is 153 Å². The molecule has 0 aliphatic heterocycles. The number of benzene rings is 2. The van der Waals surface area contributed by atoms with E-state index in [9.17, 15) is 13.6 Å². The molecule has 134 valence electrons. The fourth-order valence-electron chi connectivity index (χ4n) is 2.26. The minimum atomic E-state index is -0.696. The van der Waals surface area contributed by atoms with Crippen LogP contribution in [0.15, 0.2) is 52.2 Å². The van der Waals surface area contributed by atoms with Gasteiger partial charge in [0.2, 0.25) is 5.91 Å². The van der Waals surface area contributed by atoms with Gasteiger partial charge >= 0.3 is 0 Å². The van der Waals surface area contributed by atoms with E-state index in [1.165, 1.54) is 5.56 Å².